The number of benzene rings is 2. The van der Waals surface area contributed by atoms with Crippen molar-refractivity contribution in [2.75, 3.05) is 6.54 Å². The second kappa shape index (κ2) is 6.92. The third-order valence-corrected chi connectivity index (χ3v) is 4.12. The summed E-state index contributed by atoms with van der Waals surface area (Å²) in [4.78, 5) is 14.2. The number of urea groups is 1. The van der Waals surface area contributed by atoms with E-state index in [0.717, 1.165) is 13.0 Å². The molecule has 1 heterocycles. The van der Waals surface area contributed by atoms with Crippen LogP contribution in [0, 0.1) is 0 Å². The Morgan fingerprint density at radius 2 is 1.87 bits per heavy atom. The molecule has 2 aromatic rings. The number of hydrogen-bond acceptors (Lipinski definition) is 2. The molecule has 23 heavy (non-hydrogen) atoms. The van der Waals surface area contributed by atoms with E-state index in [4.69, 9.17) is 16.3 Å². The first-order valence-electron chi connectivity index (χ1n) is 7.66. The first-order valence-corrected chi connectivity index (χ1v) is 8.04. The van der Waals surface area contributed by atoms with Gasteiger partial charge < -0.3 is 15.0 Å². The van der Waals surface area contributed by atoms with Crippen LogP contribution in [0.1, 0.15) is 18.1 Å². The Kier molecular flexibility index (Phi) is 4.72. The molecular weight excluding hydrogens is 312 g/mol. The summed E-state index contributed by atoms with van der Waals surface area (Å²) in [5.74, 6) is 0.672. The van der Waals surface area contributed by atoms with E-state index in [1.54, 1.807) is 24.3 Å². The quantitative estimate of drug-likeness (QED) is 0.869. The molecule has 4 nitrogen and oxygen atoms in total. The summed E-state index contributed by atoms with van der Waals surface area (Å²) in [6, 6.07) is 15.2. The van der Waals surface area contributed by atoms with E-state index < -0.39 is 6.23 Å². The zero-order chi connectivity index (χ0) is 16.2. The highest BCUT2D eigenvalue weighted by Crippen LogP contribution is 2.19. The molecule has 1 unspecified atom stereocenters. The average Bonchev–Trinajstić information content (AvgIpc) is 2.56. The molecule has 5 heteroatoms. The SMILES string of the molecule is CC(NC(=O)N1CCc2ccccc2C1)Oc1ccc(Cl)cc1. The molecule has 1 N–H and O–H groups in total. The Hall–Kier alpha value is -2.20. The van der Waals surface area contributed by atoms with Crippen molar-refractivity contribution < 1.29 is 9.53 Å². The van der Waals surface area contributed by atoms with E-state index in [9.17, 15) is 4.79 Å². The van der Waals surface area contributed by atoms with Crippen LogP contribution in [0.25, 0.3) is 0 Å². The van der Waals surface area contributed by atoms with Crippen LogP contribution in [0.2, 0.25) is 5.02 Å². The molecule has 0 fully saturated rings. The largest absolute Gasteiger partial charge is 0.471 e. The Bertz CT molecular complexity index is 688. The molecule has 0 aromatic heterocycles. The van der Waals surface area contributed by atoms with Crippen LogP contribution in [0.15, 0.2) is 48.5 Å². The molecule has 0 saturated carbocycles. The van der Waals surface area contributed by atoms with E-state index in [0.29, 0.717) is 17.3 Å². The molecule has 120 valence electrons. The van der Waals surface area contributed by atoms with Crippen LogP contribution in [-0.2, 0) is 13.0 Å². The summed E-state index contributed by atoms with van der Waals surface area (Å²) in [6.07, 6.45) is 0.469. The van der Waals surface area contributed by atoms with Gasteiger partial charge in [-0.15, -0.1) is 0 Å². The lowest BCUT2D eigenvalue weighted by Crippen LogP contribution is -2.47. The number of hydrogen-bond donors (Lipinski definition) is 1. The number of nitrogens with one attached hydrogen (secondary N) is 1. The van der Waals surface area contributed by atoms with E-state index in [1.165, 1.54) is 11.1 Å². The van der Waals surface area contributed by atoms with Gasteiger partial charge in [0, 0.05) is 18.1 Å². The standard InChI is InChI=1S/C18H19ClN2O2/c1-13(23-17-8-6-16(19)7-9-17)20-18(22)21-11-10-14-4-2-3-5-15(14)12-21/h2-9,13H,10-12H2,1H3,(H,20,22). The zero-order valence-electron chi connectivity index (χ0n) is 13.0. The summed E-state index contributed by atoms with van der Waals surface area (Å²) in [5.41, 5.74) is 2.53. The van der Waals surface area contributed by atoms with Crippen molar-refractivity contribution in [1.29, 1.82) is 0 Å². The normalized spacial score (nSPS) is 14.8. The number of ether oxygens (including phenoxy) is 1. The van der Waals surface area contributed by atoms with Crippen molar-refractivity contribution in [3.05, 3.63) is 64.7 Å². The topological polar surface area (TPSA) is 41.6 Å². The number of fused-ring (bicyclic) bond motifs is 1. The molecule has 1 aliphatic rings. The summed E-state index contributed by atoms with van der Waals surface area (Å²) in [5, 5.41) is 3.53. The lowest BCUT2D eigenvalue weighted by atomic mass is 10.0. The van der Waals surface area contributed by atoms with Crippen LogP contribution in [-0.4, -0.2) is 23.7 Å². The van der Waals surface area contributed by atoms with Crippen molar-refractivity contribution in [3.8, 4) is 5.75 Å². The van der Waals surface area contributed by atoms with E-state index in [1.807, 2.05) is 24.0 Å². The lowest BCUT2D eigenvalue weighted by Gasteiger charge is -2.30. The molecule has 2 amide bonds. The van der Waals surface area contributed by atoms with Crippen molar-refractivity contribution >= 4 is 17.6 Å². The number of carbonyl (C=O) groups excluding carboxylic acids is 1. The van der Waals surface area contributed by atoms with Gasteiger partial charge in [-0.1, -0.05) is 35.9 Å². The minimum absolute atomic E-state index is 0.110. The minimum atomic E-state index is -0.416. The van der Waals surface area contributed by atoms with Crippen molar-refractivity contribution in [2.24, 2.45) is 0 Å². The zero-order valence-corrected chi connectivity index (χ0v) is 13.7. The first-order chi connectivity index (χ1) is 11.1. The van der Waals surface area contributed by atoms with Crippen LogP contribution in [0.4, 0.5) is 4.79 Å². The van der Waals surface area contributed by atoms with Crippen LogP contribution in [0.5, 0.6) is 5.75 Å². The highest BCUT2D eigenvalue weighted by molar-refractivity contribution is 6.30. The molecular formula is C18H19ClN2O2. The van der Waals surface area contributed by atoms with Crippen molar-refractivity contribution in [1.82, 2.24) is 10.2 Å². The van der Waals surface area contributed by atoms with Gasteiger partial charge in [-0.05, 0) is 48.7 Å². The van der Waals surface area contributed by atoms with Crippen LogP contribution in [0.3, 0.4) is 0 Å². The summed E-state index contributed by atoms with van der Waals surface area (Å²) in [7, 11) is 0. The van der Waals surface area contributed by atoms with Crippen LogP contribution >= 0.6 is 11.6 Å². The van der Waals surface area contributed by atoms with Gasteiger partial charge in [0.15, 0.2) is 6.23 Å². The fraction of sp³-hybridized carbons (Fsp3) is 0.278. The van der Waals surface area contributed by atoms with Gasteiger partial charge in [0.2, 0.25) is 0 Å². The molecule has 0 spiro atoms. The van der Waals surface area contributed by atoms with E-state index >= 15 is 0 Å². The Balaban J connectivity index is 1.56. The molecule has 0 aliphatic carbocycles. The minimum Gasteiger partial charge on any atom is -0.471 e. The maximum Gasteiger partial charge on any atom is 0.320 e. The van der Waals surface area contributed by atoms with Gasteiger partial charge in [0.05, 0.1) is 0 Å². The fourth-order valence-electron chi connectivity index (χ4n) is 2.68. The smallest absolute Gasteiger partial charge is 0.320 e. The highest BCUT2D eigenvalue weighted by atomic mass is 35.5. The highest BCUT2D eigenvalue weighted by Gasteiger charge is 2.21. The van der Waals surface area contributed by atoms with E-state index in [-0.39, 0.29) is 6.03 Å². The molecule has 3 rings (SSSR count). The molecule has 1 aliphatic heterocycles. The summed E-state index contributed by atoms with van der Waals surface area (Å²) in [6.45, 7) is 3.16. The predicted molar refractivity (Wildman–Crippen MR) is 90.6 cm³/mol. The fourth-order valence-corrected chi connectivity index (χ4v) is 2.81. The number of amides is 2. The molecule has 0 radical (unpaired) electrons. The van der Waals surface area contributed by atoms with Crippen molar-refractivity contribution in [2.45, 2.75) is 26.1 Å². The average molecular weight is 331 g/mol. The Morgan fingerprint density at radius 1 is 1.17 bits per heavy atom. The number of nitrogens with zero attached hydrogens (tertiary/aromatic N) is 1. The predicted octanol–water partition coefficient (Wildman–Crippen LogP) is 3.83. The molecule has 0 saturated heterocycles. The molecule has 1 atom stereocenters. The number of rotatable bonds is 3. The van der Waals surface area contributed by atoms with Gasteiger partial charge in [0.1, 0.15) is 5.75 Å². The van der Waals surface area contributed by atoms with E-state index in [2.05, 4.69) is 17.4 Å². The van der Waals surface area contributed by atoms with Crippen LogP contribution < -0.4 is 10.1 Å². The monoisotopic (exact) mass is 330 g/mol. The molecule has 2 aromatic carbocycles. The molecule has 0 bridgehead atoms. The number of halogens is 1. The summed E-state index contributed by atoms with van der Waals surface area (Å²) >= 11 is 5.84. The summed E-state index contributed by atoms with van der Waals surface area (Å²) < 4.78 is 5.68. The Morgan fingerprint density at radius 3 is 2.61 bits per heavy atom. The van der Waals surface area contributed by atoms with Gasteiger partial charge in [-0.3, -0.25) is 0 Å². The third-order valence-electron chi connectivity index (χ3n) is 3.87. The maximum atomic E-state index is 12.4. The van der Waals surface area contributed by atoms with Gasteiger partial charge in [-0.25, -0.2) is 4.79 Å². The first kappa shape index (κ1) is 15.7. The number of carbonyl (C=O) groups is 1. The second-order valence-corrected chi connectivity index (χ2v) is 6.04. The second-order valence-electron chi connectivity index (χ2n) is 5.60. The Labute approximate surface area is 141 Å². The maximum absolute atomic E-state index is 12.4. The van der Waals surface area contributed by atoms with Crippen molar-refractivity contribution in [3.63, 3.8) is 0 Å². The third kappa shape index (κ3) is 3.96. The van der Waals surface area contributed by atoms with Gasteiger partial charge in [-0.2, -0.15) is 0 Å². The lowest BCUT2D eigenvalue weighted by molar-refractivity contribution is 0.149. The van der Waals surface area contributed by atoms with Gasteiger partial charge in [0.25, 0.3) is 0 Å². The van der Waals surface area contributed by atoms with Gasteiger partial charge >= 0.3 is 6.03 Å².